The second-order valence-electron chi connectivity index (χ2n) is 8.99. The largest absolute Gasteiger partial charge is 0.369 e. The molecule has 1 aliphatic rings. The molecular formula is C28H28FN3O. The van der Waals surface area contributed by atoms with Crippen molar-refractivity contribution in [2.75, 3.05) is 31.1 Å². The molecule has 33 heavy (non-hydrogen) atoms. The molecule has 0 radical (unpaired) electrons. The molecule has 4 nitrogen and oxygen atoms in total. The summed E-state index contributed by atoms with van der Waals surface area (Å²) in [5, 5.41) is 0.917. The summed E-state index contributed by atoms with van der Waals surface area (Å²) in [6.45, 7) is 8.79. The highest BCUT2D eigenvalue weighted by atomic mass is 19.1. The number of halogens is 1. The first-order chi connectivity index (χ1) is 16.0. The molecule has 0 atom stereocenters. The van der Waals surface area contributed by atoms with Crippen molar-refractivity contribution < 1.29 is 4.39 Å². The van der Waals surface area contributed by atoms with Gasteiger partial charge in [-0.2, -0.15) is 0 Å². The van der Waals surface area contributed by atoms with Crippen LogP contribution in [0.15, 0.2) is 77.6 Å². The van der Waals surface area contributed by atoms with Gasteiger partial charge in [-0.05, 0) is 78.4 Å². The molecule has 1 N–H and O–H groups in total. The molecule has 5 heteroatoms. The second kappa shape index (κ2) is 8.83. The van der Waals surface area contributed by atoms with Crippen molar-refractivity contribution in [3.05, 3.63) is 89.0 Å². The van der Waals surface area contributed by atoms with E-state index in [-0.39, 0.29) is 11.4 Å². The number of anilines is 1. The van der Waals surface area contributed by atoms with E-state index in [1.165, 1.54) is 17.8 Å². The molecule has 4 aromatic rings. The Morgan fingerprint density at radius 3 is 2.24 bits per heavy atom. The number of hydrogen-bond donors (Lipinski definition) is 1. The summed E-state index contributed by atoms with van der Waals surface area (Å²) < 4.78 is 13.7. The molecule has 3 aromatic carbocycles. The van der Waals surface area contributed by atoms with E-state index in [4.69, 9.17) is 0 Å². The normalized spacial score (nSPS) is 14.8. The number of nitrogens with one attached hydrogen (secondary N) is 1. The van der Waals surface area contributed by atoms with Gasteiger partial charge in [0.05, 0.1) is 0 Å². The molecule has 1 aromatic heterocycles. The summed E-state index contributed by atoms with van der Waals surface area (Å²) in [7, 11) is 0. The Balaban J connectivity index is 1.42. The molecule has 0 spiro atoms. The maximum atomic E-state index is 13.7. The van der Waals surface area contributed by atoms with Crippen molar-refractivity contribution in [1.82, 2.24) is 9.88 Å². The fraction of sp³-hybridized carbons (Fsp3) is 0.250. The molecule has 1 fully saturated rings. The van der Waals surface area contributed by atoms with Crippen LogP contribution in [-0.4, -0.2) is 42.1 Å². The Hall–Kier alpha value is -3.44. The van der Waals surface area contributed by atoms with Crippen molar-refractivity contribution in [3.8, 4) is 22.3 Å². The fourth-order valence-corrected chi connectivity index (χ4v) is 4.62. The van der Waals surface area contributed by atoms with Gasteiger partial charge in [0.2, 0.25) is 0 Å². The monoisotopic (exact) mass is 441 g/mol. The summed E-state index contributed by atoms with van der Waals surface area (Å²) >= 11 is 0. The second-order valence-corrected chi connectivity index (χ2v) is 8.99. The van der Waals surface area contributed by atoms with Crippen LogP contribution in [0.1, 0.15) is 13.8 Å². The Bertz CT molecular complexity index is 1340. The SMILES string of the molecule is CC(C)N1CCN(c2ccc(-c3ccc4[nH]c(=O)c(-c5cccc(F)c5)cc4c3)cc2)CC1. The average molecular weight is 442 g/mol. The number of aromatic nitrogens is 1. The Labute approximate surface area is 193 Å². The van der Waals surface area contributed by atoms with Gasteiger partial charge in [0.15, 0.2) is 0 Å². The van der Waals surface area contributed by atoms with E-state index in [1.807, 2.05) is 18.2 Å². The number of H-pyrrole nitrogens is 1. The molecule has 0 saturated carbocycles. The van der Waals surface area contributed by atoms with E-state index in [0.29, 0.717) is 17.2 Å². The minimum absolute atomic E-state index is 0.220. The standard InChI is InChI=1S/C28H28FN3O/c1-19(2)31-12-14-32(15-13-31)25-9-6-20(7-10-25)21-8-11-27-23(16-21)18-26(28(33)30-27)22-4-3-5-24(29)17-22/h3-11,16-19H,12-15H2,1-2H3,(H,30,33). The van der Waals surface area contributed by atoms with Crippen LogP contribution in [0, 0.1) is 5.82 Å². The Kier molecular flexibility index (Phi) is 5.73. The first-order valence-corrected chi connectivity index (χ1v) is 11.5. The minimum Gasteiger partial charge on any atom is -0.369 e. The van der Waals surface area contributed by atoms with Crippen LogP contribution < -0.4 is 10.5 Å². The van der Waals surface area contributed by atoms with Gasteiger partial charge in [-0.1, -0.05) is 30.3 Å². The third-order valence-corrected chi connectivity index (χ3v) is 6.59. The quantitative estimate of drug-likeness (QED) is 0.453. The zero-order valence-electron chi connectivity index (χ0n) is 19.0. The van der Waals surface area contributed by atoms with Gasteiger partial charge in [-0.25, -0.2) is 4.39 Å². The minimum atomic E-state index is -0.355. The molecule has 0 bridgehead atoms. The smallest absolute Gasteiger partial charge is 0.256 e. The predicted molar refractivity (Wildman–Crippen MR) is 134 cm³/mol. The van der Waals surface area contributed by atoms with E-state index in [2.05, 4.69) is 59.0 Å². The van der Waals surface area contributed by atoms with Gasteiger partial charge in [0.1, 0.15) is 5.82 Å². The molecule has 0 amide bonds. The van der Waals surface area contributed by atoms with Gasteiger partial charge in [-0.15, -0.1) is 0 Å². The number of aromatic amines is 1. The average Bonchev–Trinajstić information content (AvgIpc) is 2.83. The molecule has 1 saturated heterocycles. The Morgan fingerprint density at radius 2 is 1.55 bits per heavy atom. The van der Waals surface area contributed by atoms with Crippen molar-refractivity contribution in [2.45, 2.75) is 19.9 Å². The van der Waals surface area contributed by atoms with E-state index in [9.17, 15) is 9.18 Å². The van der Waals surface area contributed by atoms with Crippen LogP contribution in [0.5, 0.6) is 0 Å². The zero-order chi connectivity index (χ0) is 22.9. The first-order valence-electron chi connectivity index (χ1n) is 11.5. The van der Waals surface area contributed by atoms with Crippen LogP contribution in [0.4, 0.5) is 10.1 Å². The number of piperazine rings is 1. The molecule has 1 aliphatic heterocycles. The van der Waals surface area contributed by atoms with Crippen molar-refractivity contribution in [1.29, 1.82) is 0 Å². The summed E-state index contributed by atoms with van der Waals surface area (Å²) in [4.78, 5) is 20.4. The number of rotatable bonds is 4. The number of hydrogen-bond acceptors (Lipinski definition) is 3. The van der Waals surface area contributed by atoms with Crippen molar-refractivity contribution in [2.24, 2.45) is 0 Å². The highest BCUT2D eigenvalue weighted by Gasteiger charge is 2.19. The third kappa shape index (κ3) is 4.41. The zero-order valence-corrected chi connectivity index (χ0v) is 19.0. The molecule has 168 valence electrons. The highest BCUT2D eigenvalue weighted by Crippen LogP contribution is 2.28. The van der Waals surface area contributed by atoms with Crippen molar-refractivity contribution >= 4 is 16.6 Å². The summed E-state index contributed by atoms with van der Waals surface area (Å²) in [5.74, 6) is -0.355. The van der Waals surface area contributed by atoms with Crippen LogP contribution >= 0.6 is 0 Å². The van der Waals surface area contributed by atoms with Crippen LogP contribution in [-0.2, 0) is 0 Å². The topological polar surface area (TPSA) is 39.3 Å². The number of nitrogens with zero attached hydrogens (tertiary/aromatic N) is 2. The van der Waals surface area contributed by atoms with Gasteiger partial charge in [0.25, 0.3) is 5.56 Å². The van der Waals surface area contributed by atoms with Crippen LogP contribution in [0.25, 0.3) is 33.2 Å². The predicted octanol–water partition coefficient (Wildman–Crippen LogP) is 5.53. The molecular weight excluding hydrogens is 413 g/mol. The van der Waals surface area contributed by atoms with Gasteiger partial charge >= 0.3 is 0 Å². The molecule has 5 rings (SSSR count). The summed E-state index contributed by atoms with van der Waals surface area (Å²) in [6.07, 6.45) is 0. The lowest BCUT2D eigenvalue weighted by Gasteiger charge is -2.38. The van der Waals surface area contributed by atoms with Crippen molar-refractivity contribution in [3.63, 3.8) is 0 Å². The fourth-order valence-electron chi connectivity index (χ4n) is 4.62. The molecule has 2 heterocycles. The lowest BCUT2D eigenvalue weighted by molar-refractivity contribution is 0.209. The van der Waals surface area contributed by atoms with E-state index in [0.717, 1.165) is 48.2 Å². The van der Waals surface area contributed by atoms with Gasteiger partial charge in [0, 0.05) is 49.0 Å². The first kappa shape index (κ1) is 21.4. The lowest BCUT2D eigenvalue weighted by atomic mass is 10.0. The molecule has 0 unspecified atom stereocenters. The van der Waals surface area contributed by atoms with E-state index >= 15 is 0 Å². The maximum Gasteiger partial charge on any atom is 0.256 e. The van der Waals surface area contributed by atoms with Gasteiger partial charge < -0.3 is 9.88 Å². The Morgan fingerprint density at radius 1 is 0.818 bits per heavy atom. The highest BCUT2D eigenvalue weighted by molar-refractivity contribution is 5.87. The van der Waals surface area contributed by atoms with Gasteiger partial charge in [-0.3, -0.25) is 9.69 Å². The van der Waals surface area contributed by atoms with Crippen LogP contribution in [0.3, 0.4) is 0 Å². The van der Waals surface area contributed by atoms with Crippen LogP contribution in [0.2, 0.25) is 0 Å². The number of fused-ring (bicyclic) bond motifs is 1. The number of pyridine rings is 1. The summed E-state index contributed by atoms with van der Waals surface area (Å²) in [5.41, 5.74) is 5.04. The third-order valence-electron chi connectivity index (χ3n) is 6.59. The lowest BCUT2D eigenvalue weighted by Crippen LogP contribution is -2.48. The van der Waals surface area contributed by atoms with E-state index in [1.54, 1.807) is 12.1 Å². The van der Waals surface area contributed by atoms with E-state index < -0.39 is 0 Å². The number of benzene rings is 3. The molecule has 0 aliphatic carbocycles. The summed E-state index contributed by atoms with van der Waals surface area (Å²) in [6, 6.07) is 23.3. The maximum absolute atomic E-state index is 13.7.